The van der Waals surface area contributed by atoms with E-state index >= 15 is 4.39 Å². The lowest BCUT2D eigenvalue weighted by molar-refractivity contribution is -0.202. The summed E-state index contributed by atoms with van der Waals surface area (Å²) in [4.78, 5) is 73.7. The first kappa shape index (κ1) is 60.0. The second kappa shape index (κ2) is 25.3. The van der Waals surface area contributed by atoms with Gasteiger partial charge in [0.2, 0.25) is 11.9 Å². The molecule has 4 aromatic carbocycles. The van der Waals surface area contributed by atoms with Crippen molar-refractivity contribution in [2.24, 2.45) is 5.92 Å². The number of halogens is 1. The molecule has 2 bridgehead atoms. The van der Waals surface area contributed by atoms with Crippen LogP contribution >= 0.6 is 15.0 Å². The fourth-order valence-electron chi connectivity index (χ4n) is 10.4. The largest absolute Gasteiger partial charge is 0.497 e. The van der Waals surface area contributed by atoms with Gasteiger partial charge < -0.3 is 47.7 Å². The zero-order valence-corrected chi connectivity index (χ0v) is 49.0. The van der Waals surface area contributed by atoms with Gasteiger partial charge in [-0.3, -0.25) is 47.4 Å². The summed E-state index contributed by atoms with van der Waals surface area (Å²) in [5.74, 6) is -0.397. The van der Waals surface area contributed by atoms with E-state index in [9.17, 15) is 29.1 Å². The van der Waals surface area contributed by atoms with Gasteiger partial charge in [0.1, 0.15) is 53.4 Å². The van der Waals surface area contributed by atoms with Crippen LogP contribution in [-0.4, -0.2) is 133 Å². The molecule has 3 fully saturated rings. The van der Waals surface area contributed by atoms with E-state index in [1.165, 1.54) is 12.7 Å². The van der Waals surface area contributed by atoms with Crippen LogP contribution in [-0.2, 0) is 63.8 Å². The number of anilines is 2. The number of methoxy groups -OCH3 is 2. The molecule has 8 aromatic rings. The van der Waals surface area contributed by atoms with Crippen molar-refractivity contribution in [3.8, 4) is 17.6 Å². The second-order valence-corrected chi connectivity index (χ2v) is 24.0. The number of H-pyrrole nitrogens is 1. The van der Waals surface area contributed by atoms with Crippen LogP contribution < -0.4 is 25.7 Å². The van der Waals surface area contributed by atoms with E-state index in [0.717, 1.165) is 10.9 Å². The summed E-state index contributed by atoms with van der Waals surface area (Å²) in [6.45, 7) is -2.59. The van der Waals surface area contributed by atoms with Gasteiger partial charge in [-0.05, 0) is 64.9 Å². The van der Waals surface area contributed by atoms with Crippen LogP contribution in [0.1, 0.15) is 59.8 Å². The Labute approximate surface area is 495 Å². The molecule has 0 saturated carbocycles. The van der Waals surface area contributed by atoms with Gasteiger partial charge in [0.05, 0.1) is 65.8 Å². The predicted octanol–water partition coefficient (Wildman–Crippen LogP) is 7.06. The fraction of sp³-hybridized carbons (Fsp3) is 0.339. The van der Waals surface area contributed by atoms with Crippen LogP contribution in [0.3, 0.4) is 0 Å². The number of nitrogens with zero attached hydrogens (tertiary/aromatic N) is 8. The first-order chi connectivity index (χ1) is 41.6. The zero-order chi connectivity index (χ0) is 60.3. The molecular weight excluding hydrogens is 1180 g/mol. The quantitative estimate of drug-likeness (QED) is 0.0267. The monoisotopic (exact) mass is 1240 g/mol. The lowest BCUT2D eigenvalue weighted by Gasteiger charge is -2.40. The molecule has 26 nitrogen and oxygen atoms in total. The minimum Gasteiger partial charge on any atom is -0.497 e. The van der Waals surface area contributed by atoms with Gasteiger partial charge in [0, 0.05) is 11.5 Å². The predicted molar refractivity (Wildman–Crippen MR) is 308 cm³/mol. The van der Waals surface area contributed by atoms with E-state index in [1.807, 2.05) is 84.9 Å². The standard InChI is InChI=1S/C56H56FN11O15P2S/c1-32(2)49(69)65-54-64-48-42(51(71)66-54)62-31-68(48)52-43(82-84(72)73)40(57)39(80-52)26-79-85(86,78-25-11-24-58)83-45-44-53(67-30-61-41-46(59-29-60-47(41)67)63-50(70)33-12-7-5-8-13-33)81-55(45,27-76-44)28-77-56(34-14-9-6-10-15-34,35-16-20-37(74-3)21-17-35)36-18-22-38(75-4)23-19-36/h5-10,12-23,29-32,39-40,43-45,52-53,84H,11,25-28H2,1-4H3,(H,72,73)(H,59,60,63,70)(H2,64,65,66,69,71)/t39-,40-,43-,44+,45-,52-,53+,55+,85?/m0/s1. The van der Waals surface area contributed by atoms with E-state index in [2.05, 4.69) is 40.5 Å². The Kier molecular flexibility index (Phi) is 17.6. The summed E-state index contributed by atoms with van der Waals surface area (Å²) >= 11 is 6.20. The number of aromatic nitrogens is 8. The highest BCUT2D eigenvalue weighted by Crippen LogP contribution is 2.59. The molecule has 448 valence electrons. The van der Waals surface area contributed by atoms with Crippen LogP contribution in [0.15, 0.2) is 133 Å². The average molecular weight is 1240 g/mol. The highest BCUT2D eigenvalue weighted by Gasteiger charge is 2.66. The number of fused-ring (bicyclic) bond motifs is 4. The second-order valence-electron chi connectivity index (χ2n) is 20.3. The van der Waals surface area contributed by atoms with E-state index in [0.29, 0.717) is 33.8 Å². The lowest BCUT2D eigenvalue weighted by atomic mass is 9.79. The topological polar surface area (TPSA) is 319 Å². The third-order valence-electron chi connectivity index (χ3n) is 14.7. The van der Waals surface area contributed by atoms with Gasteiger partial charge in [-0.15, -0.1) is 0 Å². The Hall–Kier alpha value is -7.74. The van der Waals surface area contributed by atoms with Crippen molar-refractivity contribution in [3.05, 3.63) is 161 Å². The lowest BCUT2D eigenvalue weighted by Crippen LogP contribution is -2.49. The molecular formula is C56H56FN11O15P2S. The molecule has 7 heterocycles. The molecule has 3 aliphatic heterocycles. The minimum atomic E-state index is -4.29. The molecule has 0 spiro atoms. The fourth-order valence-corrected chi connectivity index (χ4v) is 13.0. The molecule has 10 atom stereocenters. The first-order valence-corrected chi connectivity index (χ1v) is 30.6. The maximum absolute atomic E-state index is 17.0. The van der Waals surface area contributed by atoms with Crippen LogP contribution in [0.4, 0.5) is 16.2 Å². The average Bonchev–Trinajstić information content (AvgIpc) is 1.56. The summed E-state index contributed by atoms with van der Waals surface area (Å²) in [6.07, 6.45) is -7.22. The number of carbonyl (C=O) groups excluding carboxylic acids is 2. The van der Waals surface area contributed by atoms with E-state index < -0.39 is 99.1 Å². The molecule has 86 heavy (non-hydrogen) atoms. The van der Waals surface area contributed by atoms with Crippen molar-refractivity contribution in [2.75, 3.05) is 51.3 Å². The highest BCUT2D eigenvalue weighted by atomic mass is 32.5. The van der Waals surface area contributed by atoms with E-state index in [1.54, 1.807) is 63.0 Å². The van der Waals surface area contributed by atoms with Gasteiger partial charge in [0.25, 0.3) is 11.5 Å². The van der Waals surface area contributed by atoms with Gasteiger partial charge in [-0.1, -0.05) is 86.6 Å². The third kappa shape index (κ3) is 11.8. The van der Waals surface area contributed by atoms with Crippen molar-refractivity contribution in [3.63, 3.8) is 0 Å². The number of benzene rings is 4. The number of hydrogen-bond acceptors (Lipinski definition) is 21. The summed E-state index contributed by atoms with van der Waals surface area (Å²) in [5, 5.41) is 15.1. The van der Waals surface area contributed by atoms with Crippen molar-refractivity contribution < 1.29 is 70.0 Å². The van der Waals surface area contributed by atoms with Crippen molar-refractivity contribution >= 4 is 72.7 Å². The minimum absolute atomic E-state index is 0.103. The Morgan fingerprint density at radius 3 is 2.17 bits per heavy atom. The number of hydrogen-bond donors (Lipinski definition) is 4. The van der Waals surface area contributed by atoms with Crippen molar-refractivity contribution in [1.29, 1.82) is 5.26 Å². The maximum Gasteiger partial charge on any atom is 0.327 e. The van der Waals surface area contributed by atoms with Crippen LogP contribution in [0.25, 0.3) is 22.3 Å². The summed E-state index contributed by atoms with van der Waals surface area (Å²) < 4.78 is 95.6. The van der Waals surface area contributed by atoms with Crippen LogP contribution in [0.2, 0.25) is 0 Å². The highest BCUT2D eigenvalue weighted by molar-refractivity contribution is 8.07. The van der Waals surface area contributed by atoms with E-state index in [4.69, 9.17) is 58.3 Å². The molecule has 3 aliphatic rings. The van der Waals surface area contributed by atoms with Crippen molar-refractivity contribution in [2.45, 2.75) is 74.5 Å². The number of alkyl halides is 1. The zero-order valence-electron chi connectivity index (χ0n) is 46.3. The number of nitriles is 1. The molecule has 2 amide bonds. The summed E-state index contributed by atoms with van der Waals surface area (Å²) in [5.41, 5.74) is -1.38. The van der Waals surface area contributed by atoms with Gasteiger partial charge in [-0.2, -0.15) is 10.2 Å². The normalized spacial score (nSPS) is 22.8. The number of carbonyl (C=O) groups is 2. The summed E-state index contributed by atoms with van der Waals surface area (Å²) in [7, 11) is -0.747. The molecule has 4 aromatic heterocycles. The summed E-state index contributed by atoms with van der Waals surface area (Å²) in [6, 6.07) is 34.8. The Morgan fingerprint density at radius 1 is 0.895 bits per heavy atom. The smallest absolute Gasteiger partial charge is 0.327 e. The van der Waals surface area contributed by atoms with E-state index in [-0.39, 0.29) is 60.3 Å². The number of imidazole rings is 2. The molecule has 4 N–H and O–H groups in total. The van der Waals surface area contributed by atoms with Crippen LogP contribution in [0, 0.1) is 17.2 Å². The Bertz CT molecular complexity index is 3890. The number of ether oxygens (including phenoxy) is 6. The molecule has 11 rings (SSSR count). The first-order valence-electron chi connectivity index (χ1n) is 26.8. The maximum atomic E-state index is 17.0. The molecule has 0 aliphatic carbocycles. The Morgan fingerprint density at radius 2 is 1.53 bits per heavy atom. The van der Waals surface area contributed by atoms with Crippen molar-refractivity contribution in [1.82, 2.24) is 39.0 Å². The SMILES string of the molecule is COc1ccc(C(OC[C@@]23CO[C@@H]([C@H](n4cnc5c(NC(=O)c6ccccc6)ncnc54)O2)[C@@H]3OP(=S)(OCCC#N)OC[C@@H]2O[C@H](n3cnc4c(=O)[nH]c(NC(=O)C(C)C)nc43)[C@@H](O[PH](=O)O)[C@H]2F)(c2ccccc2)c2ccc(OC)cc2)cc1. The number of aromatic amines is 1. The Balaban J connectivity index is 0.966. The number of amides is 2. The number of rotatable bonds is 24. The van der Waals surface area contributed by atoms with Gasteiger partial charge in [0.15, 0.2) is 46.8 Å². The number of nitrogens with one attached hydrogen (secondary N) is 3. The van der Waals surface area contributed by atoms with Gasteiger partial charge in [-0.25, -0.2) is 24.3 Å². The molecule has 3 saturated heterocycles. The van der Waals surface area contributed by atoms with Gasteiger partial charge >= 0.3 is 15.0 Å². The molecule has 0 radical (unpaired) electrons. The van der Waals surface area contributed by atoms with Crippen LogP contribution in [0.5, 0.6) is 11.5 Å². The molecule has 2 unspecified atom stereocenters. The molecule has 30 heteroatoms. The third-order valence-corrected chi connectivity index (χ3v) is 17.5.